The maximum atomic E-state index is 15.2. The molecule has 1 unspecified atom stereocenters. The summed E-state index contributed by atoms with van der Waals surface area (Å²) in [5, 5.41) is 8.40. The van der Waals surface area contributed by atoms with Gasteiger partial charge in [0.05, 0.1) is 7.11 Å². The number of benzene rings is 1. The molecule has 1 aromatic rings. The highest BCUT2D eigenvalue weighted by Gasteiger charge is 2.62. The Kier molecular flexibility index (Phi) is 5.14. The topological polar surface area (TPSA) is 99.2 Å². The largest absolute Gasteiger partial charge is 0.497 e. The third kappa shape index (κ3) is 2.88. The van der Waals surface area contributed by atoms with Crippen LogP contribution in [0.5, 0.6) is 5.75 Å². The van der Waals surface area contributed by atoms with Crippen molar-refractivity contribution in [2.24, 2.45) is 5.41 Å². The average Bonchev–Trinajstić information content (AvgIpc) is 2.53. The van der Waals surface area contributed by atoms with E-state index in [0.717, 1.165) is 0 Å². The maximum absolute atomic E-state index is 15.2. The van der Waals surface area contributed by atoms with Crippen molar-refractivity contribution in [3.8, 4) is 5.75 Å². The number of amides is 1. The quantitative estimate of drug-likeness (QED) is 0.347. The molecule has 1 heterocycles. The first-order chi connectivity index (χ1) is 11.6. The van der Waals surface area contributed by atoms with Crippen LogP contribution in [0.4, 0.5) is 8.96 Å². The molecule has 0 bridgehead atoms. The molecule has 2 rings (SSSR count). The van der Waals surface area contributed by atoms with Crippen LogP contribution in [0.1, 0.15) is 19.4 Å². The van der Waals surface area contributed by atoms with Gasteiger partial charge in [0.25, 0.3) is 5.91 Å². The van der Waals surface area contributed by atoms with E-state index < -0.39 is 43.9 Å². The third-order valence-electron chi connectivity index (χ3n) is 4.00. The van der Waals surface area contributed by atoms with Crippen LogP contribution in [0.25, 0.3) is 0 Å². The molecule has 1 aliphatic heterocycles. The molecule has 1 aliphatic rings. The van der Waals surface area contributed by atoms with E-state index in [1.807, 2.05) is 0 Å². The molecule has 1 atom stereocenters. The number of hydrogen-bond donors (Lipinski definition) is 2. The molecule has 0 aromatic heterocycles. The molecule has 0 saturated carbocycles. The Morgan fingerprint density at radius 2 is 1.84 bits per heavy atom. The van der Waals surface area contributed by atoms with Gasteiger partial charge in [0, 0.05) is 17.5 Å². The molecule has 8 nitrogen and oxygen atoms in total. The van der Waals surface area contributed by atoms with Crippen molar-refractivity contribution in [3.05, 3.63) is 29.8 Å². The summed E-state index contributed by atoms with van der Waals surface area (Å²) in [6, 6.07) is 5.07. The Morgan fingerprint density at radius 1 is 1.28 bits per heavy atom. The highest BCUT2D eigenvalue weighted by molar-refractivity contribution is 7.72. The van der Waals surface area contributed by atoms with E-state index in [4.69, 9.17) is 9.94 Å². The minimum atomic E-state index is -3.07. The number of hydroxylamine groups is 1. The van der Waals surface area contributed by atoms with E-state index in [2.05, 4.69) is 0 Å². The van der Waals surface area contributed by atoms with Crippen LogP contribution in [-0.4, -0.2) is 48.4 Å². The summed E-state index contributed by atoms with van der Waals surface area (Å²) < 4.78 is 58.2. The van der Waals surface area contributed by atoms with Crippen LogP contribution in [0.15, 0.2) is 24.3 Å². The molecule has 1 amide bonds. The molecular weight excluding hydrogens is 360 g/mol. The van der Waals surface area contributed by atoms with E-state index in [9.17, 15) is 17.7 Å². The number of halogens is 2. The van der Waals surface area contributed by atoms with Gasteiger partial charge in [-0.2, -0.15) is 8.42 Å². The molecule has 1 fully saturated rings. The Hall–Kier alpha value is -2.08. The fourth-order valence-electron chi connectivity index (χ4n) is 2.81. The summed E-state index contributed by atoms with van der Waals surface area (Å²) >= 11 is 0. The van der Waals surface area contributed by atoms with E-state index in [1.54, 1.807) is 0 Å². The molecule has 0 radical (unpaired) electrons. The lowest BCUT2D eigenvalue weighted by Gasteiger charge is -2.48. The summed E-state index contributed by atoms with van der Waals surface area (Å²) in [5.41, 5.74) is -3.36. The van der Waals surface area contributed by atoms with Gasteiger partial charge >= 0.3 is 0 Å². The highest BCUT2D eigenvalue weighted by atomic mass is 32.2. The van der Waals surface area contributed by atoms with Crippen molar-refractivity contribution in [1.82, 2.24) is 15.7 Å². The number of rotatable bonds is 3. The SMILES string of the molecule is COc1ccc(C2(C(=O)NO)N(F)CC(C)(C)C(=S(=O)=O)N2F)cc1. The first-order valence-electron chi connectivity index (χ1n) is 7.08. The van der Waals surface area contributed by atoms with E-state index >= 15 is 4.48 Å². The molecule has 11 heteroatoms. The number of hydrogen-bond acceptors (Lipinski definition) is 6. The zero-order valence-electron chi connectivity index (χ0n) is 13.7. The number of methoxy groups -OCH3 is 1. The molecule has 25 heavy (non-hydrogen) atoms. The zero-order chi connectivity index (χ0) is 19.0. The van der Waals surface area contributed by atoms with Crippen molar-refractivity contribution in [2.45, 2.75) is 19.5 Å². The number of carbonyl (C=O) groups excluding carboxylic acids is 1. The number of nitrogens with one attached hydrogen (secondary N) is 1. The van der Waals surface area contributed by atoms with E-state index in [1.165, 1.54) is 50.7 Å². The second-order valence-corrected chi connectivity index (χ2v) is 6.92. The van der Waals surface area contributed by atoms with Crippen LogP contribution in [0.2, 0.25) is 0 Å². The number of carbonyl (C=O) groups is 1. The molecule has 1 aromatic carbocycles. The van der Waals surface area contributed by atoms with Gasteiger partial charge in [-0.05, 0) is 12.1 Å². The Bertz CT molecular complexity index is 804. The Labute approximate surface area is 144 Å². The molecule has 2 N–H and O–H groups in total. The molecular formula is C14H17F2N3O5S. The van der Waals surface area contributed by atoms with Gasteiger partial charge in [0.2, 0.25) is 16.0 Å². The Balaban J connectivity index is 2.78. The van der Waals surface area contributed by atoms with Crippen LogP contribution in [-0.2, 0) is 20.8 Å². The fourth-order valence-corrected chi connectivity index (χ4v) is 3.59. The zero-order valence-corrected chi connectivity index (χ0v) is 14.5. The standard InChI is InChI=1S/C14H17F2N3O5S/c1-13(2)8-18(15)14(11(20)17-21,19(16)12(13)25(22)23)9-4-6-10(24-3)7-5-9/h4-7,21H,8H2,1-3H3,(H,17,20). The summed E-state index contributed by atoms with van der Waals surface area (Å²) in [4.78, 5) is 11.5. The van der Waals surface area contributed by atoms with Crippen LogP contribution in [0.3, 0.4) is 0 Å². The van der Waals surface area contributed by atoms with Gasteiger partial charge in [0.1, 0.15) is 5.75 Å². The van der Waals surface area contributed by atoms with Crippen LogP contribution < -0.4 is 10.2 Å². The number of nitrogens with zero attached hydrogens (tertiary/aromatic N) is 2. The Morgan fingerprint density at radius 3 is 2.28 bits per heavy atom. The first kappa shape index (κ1) is 19.2. The summed E-state index contributed by atoms with van der Waals surface area (Å²) in [6.07, 6.45) is 0. The minimum absolute atomic E-state index is 0.156. The van der Waals surface area contributed by atoms with Gasteiger partial charge in [-0.3, -0.25) is 10.0 Å². The monoisotopic (exact) mass is 377 g/mol. The second-order valence-electron chi connectivity index (χ2n) is 6.07. The lowest BCUT2D eigenvalue weighted by atomic mass is 9.85. The predicted octanol–water partition coefficient (Wildman–Crippen LogP) is 0.775. The number of ether oxygens (including phenoxy) is 1. The smallest absolute Gasteiger partial charge is 0.289 e. The summed E-state index contributed by atoms with van der Waals surface area (Å²) in [7, 11) is -1.69. The minimum Gasteiger partial charge on any atom is -0.497 e. The molecule has 1 saturated heterocycles. The van der Waals surface area contributed by atoms with E-state index in [-0.39, 0.29) is 10.7 Å². The van der Waals surface area contributed by atoms with Crippen LogP contribution in [0, 0.1) is 5.41 Å². The van der Waals surface area contributed by atoms with Gasteiger partial charge in [-0.1, -0.05) is 31.1 Å². The highest BCUT2D eigenvalue weighted by Crippen LogP contribution is 2.43. The normalized spacial score (nSPS) is 24.0. The van der Waals surface area contributed by atoms with Gasteiger partial charge in [-0.25, -0.2) is 5.48 Å². The van der Waals surface area contributed by atoms with Crippen molar-refractivity contribution in [2.75, 3.05) is 13.7 Å². The summed E-state index contributed by atoms with van der Waals surface area (Å²) in [6.45, 7) is 2.01. The lowest BCUT2D eigenvalue weighted by Crippen LogP contribution is -2.69. The molecule has 0 aliphatic carbocycles. The average molecular weight is 377 g/mol. The third-order valence-corrected chi connectivity index (χ3v) is 5.02. The maximum Gasteiger partial charge on any atom is 0.289 e. The van der Waals surface area contributed by atoms with Crippen molar-refractivity contribution >= 4 is 21.2 Å². The van der Waals surface area contributed by atoms with Crippen molar-refractivity contribution in [3.63, 3.8) is 0 Å². The lowest BCUT2D eigenvalue weighted by molar-refractivity contribution is -0.232. The van der Waals surface area contributed by atoms with Gasteiger partial charge in [-0.15, -0.1) is 14.1 Å². The molecule has 138 valence electrons. The van der Waals surface area contributed by atoms with Gasteiger partial charge < -0.3 is 4.74 Å². The van der Waals surface area contributed by atoms with Crippen molar-refractivity contribution < 1.29 is 32.1 Å². The fraction of sp³-hybridized carbons (Fsp3) is 0.429. The first-order valence-corrected chi connectivity index (χ1v) is 8.15. The second kappa shape index (κ2) is 6.67. The van der Waals surface area contributed by atoms with E-state index in [0.29, 0.717) is 5.75 Å². The van der Waals surface area contributed by atoms with Crippen molar-refractivity contribution in [1.29, 1.82) is 0 Å². The summed E-state index contributed by atoms with van der Waals surface area (Å²) in [5.74, 6) is -1.15. The predicted molar refractivity (Wildman–Crippen MR) is 83.1 cm³/mol. The van der Waals surface area contributed by atoms with Gasteiger partial charge in [0.15, 0.2) is 4.99 Å². The van der Waals surface area contributed by atoms with Crippen LogP contribution >= 0.6 is 0 Å². The molecule has 0 spiro atoms.